The fourth-order valence-corrected chi connectivity index (χ4v) is 3.89. The van der Waals surface area contributed by atoms with Gasteiger partial charge < -0.3 is 0 Å². The van der Waals surface area contributed by atoms with Crippen molar-refractivity contribution in [2.75, 3.05) is 0 Å². The van der Waals surface area contributed by atoms with Crippen LogP contribution in [0, 0.1) is 23.2 Å². The molecule has 15 heavy (non-hydrogen) atoms. The van der Waals surface area contributed by atoms with E-state index in [0.717, 1.165) is 24.5 Å². The van der Waals surface area contributed by atoms with Crippen LogP contribution in [0.5, 0.6) is 0 Å². The number of rotatable bonds is 1. The molecule has 0 radical (unpaired) electrons. The molecule has 3 rings (SSSR count). The van der Waals surface area contributed by atoms with Crippen LogP contribution >= 0.6 is 0 Å². The fraction of sp³-hybridized carbons (Fsp3) is 0.857. The van der Waals surface area contributed by atoms with Gasteiger partial charge in [-0.3, -0.25) is 0 Å². The molecule has 0 aromatic heterocycles. The molecule has 0 N–H and O–H groups in total. The van der Waals surface area contributed by atoms with Gasteiger partial charge in [-0.05, 0) is 48.9 Å². The molecule has 2 heterocycles. The fourth-order valence-electron chi connectivity index (χ4n) is 3.89. The molecule has 1 aliphatic carbocycles. The van der Waals surface area contributed by atoms with E-state index in [0.29, 0.717) is 5.41 Å². The van der Waals surface area contributed by atoms with Gasteiger partial charge in [-0.1, -0.05) is 27.1 Å². The lowest BCUT2D eigenvalue weighted by Crippen LogP contribution is -2.33. The smallest absolute Gasteiger partial charge is 0.119 e. The van der Waals surface area contributed by atoms with Crippen LogP contribution in [-0.4, -0.2) is 6.71 Å². The average Bonchev–Trinajstić information content (AvgIpc) is 2.76. The zero-order valence-electron chi connectivity index (χ0n) is 10.4. The summed E-state index contributed by atoms with van der Waals surface area (Å²) in [5.41, 5.74) is 2.39. The Morgan fingerprint density at radius 3 is 2.20 bits per heavy atom. The highest BCUT2D eigenvalue weighted by molar-refractivity contribution is 6.86. The van der Waals surface area contributed by atoms with Crippen molar-refractivity contribution in [3.8, 4) is 0 Å². The van der Waals surface area contributed by atoms with Gasteiger partial charge in [0.25, 0.3) is 0 Å². The van der Waals surface area contributed by atoms with Gasteiger partial charge in [0.1, 0.15) is 0 Å². The molecule has 2 fully saturated rings. The second-order valence-corrected chi connectivity index (χ2v) is 7.09. The topological polar surface area (TPSA) is 0 Å². The van der Waals surface area contributed by atoms with Crippen LogP contribution < -0.4 is 0 Å². The highest BCUT2D eigenvalue weighted by Gasteiger charge is 2.49. The Balaban J connectivity index is 1.54. The summed E-state index contributed by atoms with van der Waals surface area (Å²) in [5.74, 6) is 5.60. The monoisotopic (exact) mass is 202 g/mol. The van der Waals surface area contributed by atoms with Crippen molar-refractivity contribution in [3.63, 3.8) is 0 Å². The normalized spacial score (nSPS) is 39.3. The zero-order valence-corrected chi connectivity index (χ0v) is 10.4. The van der Waals surface area contributed by atoms with Crippen LogP contribution in [-0.2, 0) is 0 Å². The maximum atomic E-state index is 2.51. The van der Waals surface area contributed by atoms with Gasteiger partial charge in [0, 0.05) is 0 Å². The van der Waals surface area contributed by atoms with E-state index >= 15 is 0 Å². The summed E-state index contributed by atoms with van der Waals surface area (Å²) < 4.78 is 0. The number of allylic oxidation sites excluding steroid dienone is 1. The molecule has 0 nitrogen and oxygen atoms in total. The lowest BCUT2D eigenvalue weighted by molar-refractivity contribution is 0.134. The Kier molecular flexibility index (Phi) is 2.10. The summed E-state index contributed by atoms with van der Waals surface area (Å²) in [6, 6.07) is 0. The van der Waals surface area contributed by atoms with Gasteiger partial charge in [0.15, 0.2) is 6.71 Å². The van der Waals surface area contributed by atoms with Crippen molar-refractivity contribution >= 4 is 6.71 Å². The maximum absolute atomic E-state index is 2.51. The van der Waals surface area contributed by atoms with E-state index in [9.17, 15) is 0 Å². The number of hydrogen-bond donors (Lipinski definition) is 0. The molecular weight excluding hydrogens is 179 g/mol. The summed E-state index contributed by atoms with van der Waals surface area (Å²) in [7, 11) is 0. The Hall–Kier alpha value is -0.195. The molecule has 0 aromatic carbocycles. The quantitative estimate of drug-likeness (QED) is 0.564. The Labute approximate surface area is 94.6 Å². The van der Waals surface area contributed by atoms with Crippen molar-refractivity contribution < 1.29 is 0 Å². The molecule has 0 bridgehead atoms. The van der Waals surface area contributed by atoms with Crippen molar-refractivity contribution in [1.82, 2.24) is 0 Å². The minimum absolute atomic E-state index is 0.548. The third-order valence-electron chi connectivity index (χ3n) is 5.21. The molecule has 1 saturated heterocycles. The van der Waals surface area contributed by atoms with Crippen LogP contribution in [0.15, 0.2) is 11.4 Å². The Morgan fingerprint density at radius 2 is 1.80 bits per heavy atom. The van der Waals surface area contributed by atoms with E-state index in [1.54, 1.807) is 0 Å². The van der Waals surface area contributed by atoms with Gasteiger partial charge in [-0.15, -0.1) is 11.4 Å². The van der Waals surface area contributed by atoms with Gasteiger partial charge in [-0.2, -0.15) is 0 Å². The lowest BCUT2D eigenvalue weighted by atomic mass is 9.41. The third-order valence-corrected chi connectivity index (χ3v) is 5.21. The highest BCUT2D eigenvalue weighted by atomic mass is 14.4. The summed E-state index contributed by atoms with van der Waals surface area (Å²) in [6.45, 7) is 8.25. The minimum Gasteiger partial charge on any atom is -0.119 e. The van der Waals surface area contributed by atoms with E-state index in [-0.39, 0.29) is 0 Å². The van der Waals surface area contributed by atoms with Crippen molar-refractivity contribution in [2.24, 2.45) is 23.2 Å². The van der Waals surface area contributed by atoms with E-state index < -0.39 is 0 Å². The van der Waals surface area contributed by atoms with E-state index in [2.05, 4.69) is 26.7 Å². The first-order valence-corrected chi connectivity index (χ1v) is 6.77. The van der Waals surface area contributed by atoms with Gasteiger partial charge in [0.2, 0.25) is 0 Å². The minimum atomic E-state index is 0.548. The maximum Gasteiger partial charge on any atom is 0.194 e. The first-order valence-electron chi connectivity index (χ1n) is 6.77. The third kappa shape index (κ3) is 1.68. The Morgan fingerprint density at radius 1 is 1.13 bits per heavy atom. The van der Waals surface area contributed by atoms with E-state index in [1.807, 2.05) is 5.47 Å². The SMILES string of the molecule is CC(C)(C)C1CCC(C2CB3C=C32)CC1. The number of fused-ring (bicyclic) bond motifs is 1. The molecule has 0 spiro atoms. The van der Waals surface area contributed by atoms with E-state index in [1.165, 1.54) is 32.0 Å². The van der Waals surface area contributed by atoms with Gasteiger partial charge >= 0.3 is 0 Å². The molecule has 3 aliphatic rings. The lowest BCUT2D eigenvalue weighted by Gasteiger charge is -2.41. The molecule has 1 unspecified atom stereocenters. The second-order valence-electron chi connectivity index (χ2n) is 7.09. The Bertz CT molecular complexity index is 289. The molecule has 1 saturated carbocycles. The van der Waals surface area contributed by atoms with E-state index in [4.69, 9.17) is 0 Å². The molecular formula is C14H23B. The highest BCUT2D eigenvalue weighted by Crippen LogP contribution is 2.54. The second kappa shape index (κ2) is 3.15. The molecule has 0 aromatic rings. The van der Waals surface area contributed by atoms with Crippen LogP contribution in [0.2, 0.25) is 6.32 Å². The summed E-state index contributed by atoms with van der Waals surface area (Å²) in [6.07, 6.45) is 7.51. The van der Waals surface area contributed by atoms with Crippen molar-refractivity contribution in [3.05, 3.63) is 11.4 Å². The van der Waals surface area contributed by atoms with Crippen LogP contribution in [0.4, 0.5) is 0 Å². The molecule has 2 aliphatic heterocycles. The largest absolute Gasteiger partial charge is 0.194 e. The van der Waals surface area contributed by atoms with Crippen molar-refractivity contribution in [2.45, 2.75) is 52.8 Å². The molecule has 82 valence electrons. The standard InChI is InChI=1S/C14H23B/c1-14(2,3)11-6-4-10(5-7-11)12-8-15-9-13(12)15/h9-12H,4-8H2,1-3H3. The van der Waals surface area contributed by atoms with Crippen LogP contribution in [0.3, 0.4) is 0 Å². The predicted octanol–water partition coefficient (Wildman–Crippen LogP) is 3.98. The summed E-state index contributed by atoms with van der Waals surface area (Å²) >= 11 is 0. The predicted molar refractivity (Wildman–Crippen MR) is 67.0 cm³/mol. The average molecular weight is 202 g/mol. The van der Waals surface area contributed by atoms with Crippen LogP contribution in [0.1, 0.15) is 46.5 Å². The van der Waals surface area contributed by atoms with Gasteiger partial charge in [0.05, 0.1) is 0 Å². The molecule has 1 atom stereocenters. The van der Waals surface area contributed by atoms with Gasteiger partial charge in [-0.25, -0.2) is 0 Å². The zero-order chi connectivity index (χ0) is 10.6. The molecule has 1 heteroatoms. The molecule has 0 amide bonds. The number of hydrogen-bond acceptors (Lipinski definition) is 0. The van der Waals surface area contributed by atoms with Crippen molar-refractivity contribution in [1.29, 1.82) is 0 Å². The summed E-state index contributed by atoms with van der Waals surface area (Å²) in [5, 5.41) is 0. The first-order chi connectivity index (χ1) is 7.05. The van der Waals surface area contributed by atoms with Crippen LogP contribution in [0.25, 0.3) is 0 Å². The first kappa shape index (κ1) is 9.99. The summed E-state index contributed by atoms with van der Waals surface area (Å²) in [4.78, 5) is 0.